The number of amides is 1. The normalized spacial score (nSPS) is 19.6. The molecule has 1 atom stereocenters. The lowest BCUT2D eigenvalue weighted by Gasteiger charge is -2.27. The highest BCUT2D eigenvalue weighted by atomic mass is 16.2. The highest BCUT2D eigenvalue weighted by molar-refractivity contribution is 5.81. The SMILES string of the molecule is CC[C@H](N)C(=O)N1CC=C(C)CC1. The van der Waals surface area contributed by atoms with Gasteiger partial charge in [0.25, 0.3) is 0 Å². The van der Waals surface area contributed by atoms with Crippen LogP contribution in [0.3, 0.4) is 0 Å². The molecule has 0 aromatic carbocycles. The highest BCUT2D eigenvalue weighted by Crippen LogP contribution is 2.10. The topological polar surface area (TPSA) is 46.3 Å². The maximum absolute atomic E-state index is 11.6. The van der Waals surface area contributed by atoms with Gasteiger partial charge in [-0.25, -0.2) is 0 Å². The van der Waals surface area contributed by atoms with Gasteiger partial charge in [0.15, 0.2) is 0 Å². The molecule has 1 aliphatic heterocycles. The predicted octanol–water partition coefficient (Wildman–Crippen LogP) is 0.902. The third kappa shape index (κ3) is 2.56. The first kappa shape index (κ1) is 10.3. The van der Waals surface area contributed by atoms with Crippen LogP contribution in [-0.4, -0.2) is 29.9 Å². The molecular formula is C10H18N2O. The Labute approximate surface area is 79.6 Å². The maximum atomic E-state index is 11.6. The molecule has 0 saturated carbocycles. The summed E-state index contributed by atoms with van der Waals surface area (Å²) < 4.78 is 0. The Morgan fingerprint density at radius 3 is 2.92 bits per heavy atom. The van der Waals surface area contributed by atoms with E-state index >= 15 is 0 Å². The first-order chi connectivity index (χ1) is 6.15. The number of rotatable bonds is 2. The Morgan fingerprint density at radius 2 is 2.46 bits per heavy atom. The molecule has 0 radical (unpaired) electrons. The lowest BCUT2D eigenvalue weighted by atomic mass is 10.1. The van der Waals surface area contributed by atoms with Gasteiger partial charge in [-0.05, 0) is 19.8 Å². The van der Waals surface area contributed by atoms with Gasteiger partial charge in [-0.2, -0.15) is 0 Å². The standard InChI is InChI=1S/C10H18N2O/c1-3-9(11)10(13)12-6-4-8(2)5-7-12/h4,9H,3,5-7,11H2,1-2H3/t9-/m0/s1. The molecule has 0 aromatic rings. The van der Waals surface area contributed by atoms with Gasteiger partial charge in [-0.15, -0.1) is 0 Å². The Hall–Kier alpha value is -0.830. The van der Waals surface area contributed by atoms with Crippen LogP contribution in [0.15, 0.2) is 11.6 Å². The summed E-state index contributed by atoms with van der Waals surface area (Å²) in [7, 11) is 0. The van der Waals surface area contributed by atoms with Gasteiger partial charge in [0.2, 0.25) is 5.91 Å². The van der Waals surface area contributed by atoms with Crippen molar-refractivity contribution in [2.24, 2.45) is 5.73 Å². The van der Waals surface area contributed by atoms with Crippen LogP contribution >= 0.6 is 0 Å². The summed E-state index contributed by atoms with van der Waals surface area (Å²) in [4.78, 5) is 13.4. The Balaban J connectivity index is 2.50. The van der Waals surface area contributed by atoms with Gasteiger partial charge < -0.3 is 10.6 Å². The first-order valence-electron chi connectivity index (χ1n) is 4.85. The quantitative estimate of drug-likeness (QED) is 0.645. The van der Waals surface area contributed by atoms with E-state index in [9.17, 15) is 4.79 Å². The van der Waals surface area contributed by atoms with Gasteiger partial charge in [-0.1, -0.05) is 18.6 Å². The van der Waals surface area contributed by atoms with Crippen LogP contribution in [0.25, 0.3) is 0 Å². The van der Waals surface area contributed by atoms with Crippen LogP contribution in [0.5, 0.6) is 0 Å². The van der Waals surface area contributed by atoms with Gasteiger partial charge in [-0.3, -0.25) is 4.79 Å². The van der Waals surface area contributed by atoms with Crippen molar-refractivity contribution in [3.8, 4) is 0 Å². The summed E-state index contributed by atoms with van der Waals surface area (Å²) in [5, 5.41) is 0. The van der Waals surface area contributed by atoms with E-state index in [-0.39, 0.29) is 11.9 Å². The van der Waals surface area contributed by atoms with E-state index in [1.807, 2.05) is 11.8 Å². The number of carbonyl (C=O) groups excluding carboxylic acids is 1. The van der Waals surface area contributed by atoms with Gasteiger partial charge >= 0.3 is 0 Å². The van der Waals surface area contributed by atoms with Crippen molar-refractivity contribution >= 4 is 5.91 Å². The molecule has 2 N–H and O–H groups in total. The smallest absolute Gasteiger partial charge is 0.239 e. The van der Waals surface area contributed by atoms with Crippen molar-refractivity contribution in [3.63, 3.8) is 0 Å². The molecule has 0 unspecified atom stereocenters. The number of carbonyl (C=O) groups is 1. The van der Waals surface area contributed by atoms with E-state index in [1.165, 1.54) is 5.57 Å². The van der Waals surface area contributed by atoms with Gasteiger partial charge in [0.1, 0.15) is 0 Å². The molecule has 0 spiro atoms. The molecule has 0 saturated heterocycles. The van der Waals surface area contributed by atoms with E-state index in [1.54, 1.807) is 0 Å². The second-order valence-corrected chi connectivity index (χ2v) is 3.60. The fourth-order valence-electron chi connectivity index (χ4n) is 1.38. The van der Waals surface area contributed by atoms with E-state index in [2.05, 4.69) is 13.0 Å². The average Bonchev–Trinajstić information content (AvgIpc) is 2.17. The summed E-state index contributed by atoms with van der Waals surface area (Å²) in [6.07, 6.45) is 3.81. The zero-order valence-corrected chi connectivity index (χ0v) is 8.42. The van der Waals surface area contributed by atoms with Crippen molar-refractivity contribution in [2.45, 2.75) is 32.7 Å². The summed E-state index contributed by atoms with van der Waals surface area (Å²) in [6, 6.07) is -0.313. The molecular weight excluding hydrogens is 164 g/mol. The van der Waals surface area contributed by atoms with Crippen molar-refractivity contribution < 1.29 is 4.79 Å². The van der Waals surface area contributed by atoms with Crippen LogP contribution in [0.2, 0.25) is 0 Å². The molecule has 3 heteroatoms. The van der Waals surface area contributed by atoms with Crippen molar-refractivity contribution in [2.75, 3.05) is 13.1 Å². The fraction of sp³-hybridized carbons (Fsp3) is 0.700. The monoisotopic (exact) mass is 182 g/mol. The van der Waals surface area contributed by atoms with Crippen molar-refractivity contribution in [1.29, 1.82) is 0 Å². The van der Waals surface area contributed by atoms with Crippen LogP contribution in [0.1, 0.15) is 26.7 Å². The molecule has 13 heavy (non-hydrogen) atoms. The van der Waals surface area contributed by atoms with Crippen LogP contribution < -0.4 is 5.73 Å². The van der Waals surface area contributed by atoms with Gasteiger partial charge in [0.05, 0.1) is 6.04 Å². The zero-order chi connectivity index (χ0) is 9.84. The number of nitrogens with zero attached hydrogens (tertiary/aromatic N) is 1. The van der Waals surface area contributed by atoms with Crippen LogP contribution in [0.4, 0.5) is 0 Å². The molecule has 0 bridgehead atoms. The van der Waals surface area contributed by atoms with Gasteiger partial charge in [0, 0.05) is 13.1 Å². The Morgan fingerprint density at radius 1 is 1.77 bits per heavy atom. The lowest BCUT2D eigenvalue weighted by Crippen LogP contribution is -2.45. The molecule has 0 aliphatic carbocycles. The van der Waals surface area contributed by atoms with Crippen LogP contribution in [0, 0.1) is 0 Å². The van der Waals surface area contributed by atoms with E-state index < -0.39 is 0 Å². The molecule has 1 aliphatic rings. The molecule has 1 rings (SSSR count). The van der Waals surface area contributed by atoms with E-state index in [4.69, 9.17) is 5.73 Å². The molecule has 1 amide bonds. The number of hydrogen-bond acceptors (Lipinski definition) is 2. The second kappa shape index (κ2) is 4.42. The first-order valence-corrected chi connectivity index (χ1v) is 4.85. The molecule has 3 nitrogen and oxygen atoms in total. The summed E-state index contributed by atoms with van der Waals surface area (Å²) in [6.45, 7) is 5.60. The Kier molecular flexibility index (Phi) is 3.48. The maximum Gasteiger partial charge on any atom is 0.239 e. The average molecular weight is 182 g/mol. The second-order valence-electron chi connectivity index (χ2n) is 3.60. The van der Waals surface area contributed by atoms with E-state index in [0.717, 1.165) is 25.9 Å². The zero-order valence-electron chi connectivity index (χ0n) is 8.42. The molecule has 0 aromatic heterocycles. The molecule has 1 heterocycles. The Bertz CT molecular complexity index is 223. The number of hydrogen-bond donors (Lipinski definition) is 1. The van der Waals surface area contributed by atoms with Crippen molar-refractivity contribution in [3.05, 3.63) is 11.6 Å². The largest absolute Gasteiger partial charge is 0.337 e. The molecule has 0 fully saturated rings. The summed E-state index contributed by atoms with van der Waals surface area (Å²) in [5.74, 6) is 0.0891. The predicted molar refractivity (Wildman–Crippen MR) is 53.2 cm³/mol. The minimum Gasteiger partial charge on any atom is -0.337 e. The van der Waals surface area contributed by atoms with E-state index in [0.29, 0.717) is 0 Å². The molecule has 74 valence electrons. The fourth-order valence-corrected chi connectivity index (χ4v) is 1.38. The van der Waals surface area contributed by atoms with Crippen molar-refractivity contribution in [1.82, 2.24) is 4.90 Å². The third-order valence-electron chi connectivity index (χ3n) is 2.50. The third-order valence-corrected chi connectivity index (χ3v) is 2.50. The minimum absolute atomic E-state index is 0.0891. The summed E-state index contributed by atoms with van der Waals surface area (Å²) in [5.41, 5.74) is 7.04. The lowest BCUT2D eigenvalue weighted by molar-refractivity contribution is -0.132. The van der Waals surface area contributed by atoms with Crippen LogP contribution in [-0.2, 0) is 4.79 Å². The highest BCUT2D eigenvalue weighted by Gasteiger charge is 2.20. The minimum atomic E-state index is -0.313. The number of nitrogens with two attached hydrogens (primary N) is 1. The summed E-state index contributed by atoms with van der Waals surface area (Å²) >= 11 is 0.